The second-order valence-electron chi connectivity index (χ2n) is 9.53. The lowest BCUT2D eigenvalue weighted by Gasteiger charge is -2.20. The first kappa shape index (κ1) is 25.5. The summed E-state index contributed by atoms with van der Waals surface area (Å²) in [6, 6.07) is 15.5. The predicted octanol–water partition coefficient (Wildman–Crippen LogP) is 2.94. The van der Waals surface area contributed by atoms with Crippen LogP contribution in [0.1, 0.15) is 46.0 Å². The van der Waals surface area contributed by atoms with E-state index in [2.05, 4.69) is 32.3 Å². The fourth-order valence-electron chi connectivity index (χ4n) is 4.72. The van der Waals surface area contributed by atoms with Crippen molar-refractivity contribution in [3.63, 3.8) is 0 Å². The molecule has 0 unspecified atom stereocenters. The topological polar surface area (TPSA) is 138 Å². The molecule has 0 saturated carbocycles. The summed E-state index contributed by atoms with van der Waals surface area (Å²) in [4.78, 5) is 36.5. The molecule has 4 aromatic heterocycles. The molecule has 3 N–H and O–H groups in total. The highest BCUT2D eigenvalue weighted by Crippen LogP contribution is 2.22. The SMILES string of the molecule is Cc1c(C#Cc2cccc3nc([C@H](C)NC(=O)c4c(N)nn5cnccc45)n(-c4ccccc4)c(=O)c23)cnn1C. The van der Waals surface area contributed by atoms with E-state index < -0.39 is 11.9 Å². The number of nitrogens with one attached hydrogen (secondary N) is 1. The van der Waals surface area contributed by atoms with Gasteiger partial charge < -0.3 is 11.1 Å². The van der Waals surface area contributed by atoms with E-state index in [0.717, 1.165) is 11.3 Å². The third-order valence-corrected chi connectivity index (χ3v) is 6.94. The number of rotatable bonds is 4. The molecule has 11 nitrogen and oxygen atoms in total. The number of hydrogen-bond acceptors (Lipinski definition) is 7. The van der Waals surface area contributed by atoms with Gasteiger partial charge in [0.15, 0.2) is 5.82 Å². The van der Waals surface area contributed by atoms with Crippen molar-refractivity contribution >= 4 is 28.1 Å². The van der Waals surface area contributed by atoms with Crippen LogP contribution in [0.4, 0.5) is 5.82 Å². The molecule has 6 rings (SSSR count). The molecule has 11 heteroatoms. The van der Waals surface area contributed by atoms with Crippen molar-refractivity contribution < 1.29 is 4.79 Å². The summed E-state index contributed by atoms with van der Waals surface area (Å²) < 4.78 is 4.70. The predicted molar refractivity (Wildman–Crippen MR) is 155 cm³/mol. The number of aryl methyl sites for hydroxylation is 1. The molecule has 4 heterocycles. The van der Waals surface area contributed by atoms with Crippen LogP contribution in [0.25, 0.3) is 22.1 Å². The molecule has 0 radical (unpaired) electrons. The lowest BCUT2D eigenvalue weighted by molar-refractivity contribution is 0.0940. The molecule has 0 aliphatic heterocycles. The minimum atomic E-state index is -0.677. The third kappa shape index (κ3) is 4.47. The zero-order valence-corrected chi connectivity index (χ0v) is 22.5. The summed E-state index contributed by atoms with van der Waals surface area (Å²) in [7, 11) is 1.85. The first-order valence-electron chi connectivity index (χ1n) is 12.8. The molecular formula is C30H25N9O2. The standard InChI is InChI=1S/C30H25N9O2/c1-18(34-29(40)26-24-14-15-32-17-38(24)36-27(26)31)28-35-23-11-7-8-20(12-13-21-16-33-37(3)19(21)2)25(23)30(41)39(28)22-9-5-4-6-10-22/h4-11,14-18H,1-3H3,(H2,31,36)(H,34,40)/t18-/m0/s1. The number of benzene rings is 2. The van der Waals surface area contributed by atoms with Gasteiger partial charge in [-0.1, -0.05) is 36.1 Å². The number of hydrogen-bond donors (Lipinski definition) is 2. The number of fused-ring (bicyclic) bond motifs is 2. The van der Waals surface area contributed by atoms with Gasteiger partial charge in [-0.05, 0) is 44.2 Å². The number of carbonyl (C=O) groups is 1. The van der Waals surface area contributed by atoms with Crippen LogP contribution in [0.5, 0.6) is 0 Å². The van der Waals surface area contributed by atoms with E-state index in [9.17, 15) is 9.59 Å². The molecule has 0 aliphatic carbocycles. The van der Waals surface area contributed by atoms with Gasteiger partial charge in [0.2, 0.25) is 0 Å². The molecule has 0 bridgehead atoms. The third-order valence-electron chi connectivity index (χ3n) is 6.94. The second-order valence-corrected chi connectivity index (χ2v) is 9.53. The fraction of sp³-hybridized carbons (Fsp3) is 0.133. The van der Waals surface area contributed by atoms with Crippen molar-refractivity contribution in [3.8, 4) is 17.5 Å². The zero-order valence-electron chi connectivity index (χ0n) is 22.5. The van der Waals surface area contributed by atoms with Crippen LogP contribution in [-0.2, 0) is 7.05 Å². The Balaban J connectivity index is 1.48. The lowest BCUT2D eigenvalue weighted by Crippen LogP contribution is -2.33. The van der Waals surface area contributed by atoms with Crippen LogP contribution in [0.15, 0.2) is 78.1 Å². The van der Waals surface area contributed by atoms with Gasteiger partial charge in [-0.25, -0.2) is 14.5 Å². The van der Waals surface area contributed by atoms with E-state index in [1.165, 1.54) is 15.4 Å². The van der Waals surface area contributed by atoms with Crippen LogP contribution < -0.4 is 16.6 Å². The van der Waals surface area contributed by atoms with Crippen molar-refractivity contribution in [1.29, 1.82) is 0 Å². The maximum absolute atomic E-state index is 14.2. The molecule has 2 aromatic carbocycles. The van der Waals surface area contributed by atoms with Crippen molar-refractivity contribution in [2.45, 2.75) is 19.9 Å². The number of aromatic nitrogens is 7. The normalized spacial score (nSPS) is 11.8. The van der Waals surface area contributed by atoms with Crippen molar-refractivity contribution in [1.82, 2.24) is 39.2 Å². The molecule has 1 atom stereocenters. The smallest absolute Gasteiger partial charge is 0.267 e. The van der Waals surface area contributed by atoms with Crippen LogP contribution in [0.2, 0.25) is 0 Å². The fourth-order valence-corrected chi connectivity index (χ4v) is 4.72. The maximum Gasteiger partial charge on any atom is 0.267 e. The number of nitrogens with zero attached hydrogens (tertiary/aromatic N) is 7. The Morgan fingerprint density at radius 1 is 1.05 bits per heavy atom. The molecule has 0 fully saturated rings. The number of amides is 1. The van der Waals surface area contributed by atoms with E-state index in [1.807, 2.05) is 50.4 Å². The second kappa shape index (κ2) is 10.1. The van der Waals surface area contributed by atoms with Gasteiger partial charge >= 0.3 is 0 Å². The van der Waals surface area contributed by atoms with E-state index in [-0.39, 0.29) is 16.9 Å². The molecule has 0 saturated heterocycles. The lowest BCUT2D eigenvalue weighted by atomic mass is 10.1. The monoisotopic (exact) mass is 543 g/mol. The summed E-state index contributed by atoms with van der Waals surface area (Å²) in [6.07, 6.45) is 4.73. The van der Waals surface area contributed by atoms with Crippen molar-refractivity contribution in [2.24, 2.45) is 7.05 Å². The molecular weight excluding hydrogens is 518 g/mol. The van der Waals surface area contributed by atoms with Gasteiger partial charge in [0.25, 0.3) is 11.5 Å². The Morgan fingerprint density at radius 3 is 2.59 bits per heavy atom. The number of anilines is 1. The van der Waals surface area contributed by atoms with Gasteiger partial charge in [0.1, 0.15) is 17.7 Å². The number of nitrogen functional groups attached to an aromatic ring is 1. The van der Waals surface area contributed by atoms with Gasteiger partial charge in [0.05, 0.1) is 45.6 Å². The number of para-hydroxylation sites is 1. The molecule has 6 aromatic rings. The van der Waals surface area contributed by atoms with Crippen LogP contribution in [-0.4, -0.2) is 39.8 Å². The highest BCUT2D eigenvalue weighted by Gasteiger charge is 2.24. The van der Waals surface area contributed by atoms with E-state index in [4.69, 9.17) is 10.7 Å². The summed E-state index contributed by atoms with van der Waals surface area (Å²) in [6.45, 7) is 3.70. The maximum atomic E-state index is 14.2. The average Bonchev–Trinajstić information content (AvgIpc) is 3.49. The van der Waals surface area contributed by atoms with Crippen molar-refractivity contribution in [3.05, 3.63) is 112 Å². The first-order chi connectivity index (χ1) is 19.8. The molecule has 202 valence electrons. The Labute approximate surface area is 234 Å². The molecule has 41 heavy (non-hydrogen) atoms. The van der Waals surface area contributed by atoms with Crippen LogP contribution >= 0.6 is 0 Å². The first-order valence-corrected chi connectivity index (χ1v) is 12.8. The van der Waals surface area contributed by atoms with Gasteiger partial charge in [-0.15, -0.1) is 5.10 Å². The summed E-state index contributed by atoms with van der Waals surface area (Å²) in [5, 5.41) is 11.7. The van der Waals surface area contributed by atoms with E-state index >= 15 is 0 Å². The molecule has 0 aliphatic rings. The Hall–Kier alpha value is -5.76. The van der Waals surface area contributed by atoms with Gasteiger partial charge in [0, 0.05) is 18.8 Å². The van der Waals surface area contributed by atoms with Gasteiger partial charge in [-0.2, -0.15) is 5.10 Å². The highest BCUT2D eigenvalue weighted by atomic mass is 16.2. The summed E-state index contributed by atoms with van der Waals surface area (Å²) in [5.74, 6) is 6.26. The van der Waals surface area contributed by atoms with Gasteiger partial charge in [-0.3, -0.25) is 18.8 Å². The zero-order chi connectivity index (χ0) is 28.7. The quantitative estimate of drug-likeness (QED) is 0.326. The minimum absolute atomic E-state index is 0.0710. The number of carbonyl (C=O) groups excluding carboxylic acids is 1. The van der Waals surface area contributed by atoms with E-state index in [0.29, 0.717) is 33.5 Å². The van der Waals surface area contributed by atoms with Crippen molar-refractivity contribution in [2.75, 3.05) is 5.73 Å². The Bertz CT molecular complexity index is 2080. The Morgan fingerprint density at radius 2 is 1.83 bits per heavy atom. The van der Waals surface area contributed by atoms with Crippen LogP contribution in [0.3, 0.4) is 0 Å². The summed E-state index contributed by atoms with van der Waals surface area (Å²) in [5.41, 5.74) is 9.83. The molecule has 0 spiro atoms. The number of nitrogens with two attached hydrogens (primary N) is 1. The molecule has 1 amide bonds. The minimum Gasteiger partial charge on any atom is -0.382 e. The summed E-state index contributed by atoms with van der Waals surface area (Å²) >= 11 is 0. The van der Waals surface area contributed by atoms with Crippen LogP contribution in [0, 0.1) is 18.8 Å². The van der Waals surface area contributed by atoms with E-state index in [1.54, 1.807) is 42.2 Å². The largest absolute Gasteiger partial charge is 0.382 e. The highest BCUT2D eigenvalue weighted by molar-refractivity contribution is 6.05. The Kier molecular flexibility index (Phi) is 6.28. The average molecular weight is 544 g/mol.